The molecule has 2 atom stereocenters. The topological polar surface area (TPSA) is 63.1 Å². The van der Waals surface area contributed by atoms with Crippen LogP contribution in [0, 0.1) is 5.92 Å². The molecule has 0 spiro atoms. The number of hydrogen-bond donors (Lipinski definition) is 1. The standard InChI is InChI=1S/C17H23N5OS/c1-13(16-20-18-12-21(16)2)19-17(23)22-9-8-14(10-22)11-24-15-6-4-3-5-7-15/h3-7,12-14H,8-11H2,1-2H3,(H,19,23)/t13-,14+/m1/s1. The minimum atomic E-state index is -0.150. The van der Waals surface area contributed by atoms with E-state index in [1.54, 1.807) is 6.33 Å². The van der Waals surface area contributed by atoms with Crippen molar-refractivity contribution in [3.8, 4) is 0 Å². The predicted molar refractivity (Wildman–Crippen MR) is 94.8 cm³/mol. The van der Waals surface area contributed by atoms with Gasteiger partial charge in [-0.1, -0.05) is 18.2 Å². The van der Waals surface area contributed by atoms with Crippen molar-refractivity contribution >= 4 is 17.8 Å². The van der Waals surface area contributed by atoms with Crippen LogP contribution < -0.4 is 5.32 Å². The summed E-state index contributed by atoms with van der Waals surface area (Å²) in [5.41, 5.74) is 0. The molecule has 3 rings (SSSR count). The van der Waals surface area contributed by atoms with Gasteiger partial charge in [-0.05, 0) is 31.4 Å². The summed E-state index contributed by atoms with van der Waals surface area (Å²) in [4.78, 5) is 15.6. The van der Waals surface area contributed by atoms with Gasteiger partial charge in [0.1, 0.15) is 6.33 Å². The highest BCUT2D eigenvalue weighted by molar-refractivity contribution is 7.99. The van der Waals surface area contributed by atoms with Crippen LogP contribution in [-0.4, -0.2) is 44.5 Å². The Morgan fingerprint density at radius 3 is 2.92 bits per heavy atom. The van der Waals surface area contributed by atoms with E-state index in [2.05, 4.69) is 39.8 Å². The second kappa shape index (κ2) is 7.70. The third kappa shape index (κ3) is 4.08. The number of aryl methyl sites for hydroxylation is 1. The number of amides is 2. The molecule has 1 aliphatic rings. The maximum Gasteiger partial charge on any atom is 0.317 e. The van der Waals surface area contributed by atoms with Gasteiger partial charge < -0.3 is 14.8 Å². The zero-order valence-corrected chi connectivity index (χ0v) is 14.9. The highest BCUT2D eigenvalue weighted by Gasteiger charge is 2.27. The molecule has 2 heterocycles. The van der Waals surface area contributed by atoms with E-state index in [0.29, 0.717) is 5.92 Å². The number of urea groups is 1. The lowest BCUT2D eigenvalue weighted by molar-refractivity contribution is 0.203. The monoisotopic (exact) mass is 345 g/mol. The molecule has 1 fully saturated rings. The Bertz CT molecular complexity index is 675. The van der Waals surface area contributed by atoms with Crippen LogP contribution in [0.5, 0.6) is 0 Å². The van der Waals surface area contributed by atoms with Gasteiger partial charge in [0.05, 0.1) is 6.04 Å². The lowest BCUT2D eigenvalue weighted by atomic mass is 10.2. The molecule has 0 radical (unpaired) electrons. The number of carbonyl (C=O) groups is 1. The summed E-state index contributed by atoms with van der Waals surface area (Å²) in [5.74, 6) is 2.36. The summed E-state index contributed by atoms with van der Waals surface area (Å²) in [7, 11) is 1.88. The molecule has 24 heavy (non-hydrogen) atoms. The second-order valence-electron chi connectivity index (χ2n) is 6.20. The van der Waals surface area contributed by atoms with Gasteiger partial charge in [0, 0.05) is 30.8 Å². The smallest absolute Gasteiger partial charge is 0.317 e. The van der Waals surface area contributed by atoms with E-state index in [4.69, 9.17) is 0 Å². The number of hydrogen-bond acceptors (Lipinski definition) is 4. The Balaban J connectivity index is 1.46. The van der Waals surface area contributed by atoms with Crippen LogP contribution in [0.1, 0.15) is 25.2 Å². The minimum Gasteiger partial charge on any atom is -0.328 e. The zero-order chi connectivity index (χ0) is 16.9. The van der Waals surface area contributed by atoms with Crippen molar-refractivity contribution in [2.75, 3.05) is 18.8 Å². The summed E-state index contributed by atoms with van der Waals surface area (Å²) in [6.07, 6.45) is 2.70. The maximum atomic E-state index is 12.4. The number of nitrogens with one attached hydrogen (secondary N) is 1. The molecule has 1 aromatic carbocycles. The lowest BCUT2D eigenvalue weighted by Crippen LogP contribution is -2.40. The van der Waals surface area contributed by atoms with Crippen LogP contribution in [0.2, 0.25) is 0 Å². The molecule has 1 aromatic heterocycles. The van der Waals surface area contributed by atoms with Crippen molar-refractivity contribution in [3.63, 3.8) is 0 Å². The molecular weight excluding hydrogens is 322 g/mol. The zero-order valence-electron chi connectivity index (χ0n) is 14.1. The van der Waals surface area contributed by atoms with Crippen molar-refractivity contribution < 1.29 is 4.79 Å². The van der Waals surface area contributed by atoms with E-state index in [9.17, 15) is 4.79 Å². The molecular formula is C17H23N5OS. The predicted octanol–water partition coefficient (Wildman–Crippen LogP) is 2.70. The SMILES string of the molecule is C[C@@H](NC(=O)N1CC[C@H](CSc2ccccc2)C1)c1nncn1C. The molecule has 2 aromatic rings. The first-order valence-electron chi connectivity index (χ1n) is 8.20. The van der Waals surface area contributed by atoms with E-state index in [1.807, 2.05) is 41.3 Å². The van der Waals surface area contributed by atoms with Crippen LogP contribution in [0.3, 0.4) is 0 Å². The molecule has 1 saturated heterocycles. The summed E-state index contributed by atoms with van der Waals surface area (Å²) in [6, 6.07) is 10.2. The van der Waals surface area contributed by atoms with E-state index < -0.39 is 0 Å². The number of benzene rings is 1. The van der Waals surface area contributed by atoms with Crippen molar-refractivity contribution in [2.24, 2.45) is 13.0 Å². The molecule has 1 N–H and O–H groups in total. The maximum absolute atomic E-state index is 12.4. The number of nitrogens with zero attached hydrogens (tertiary/aromatic N) is 4. The van der Waals surface area contributed by atoms with Crippen molar-refractivity contribution in [1.29, 1.82) is 0 Å². The molecule has 128 valence electrons. The first-order valence-corrected chi connectivity index (χ1v) is 9.19. The number of thioether (sulfide) groups is 1. The molecule has 0 unspecified atom stereocenters. The number of likely N-dealkylation sites (tertiary alicyclic amines) is 1. The Morgan fingerprint density at radius 1 is 1.42 bits per heavy atom. The van der Waals surface area contributed by atoms with Crippen LogP contribution in [0.15, 0.2) is 41.6 Å². The molecule has 6 nitrogen and oxygen atoms in total. The van der Waals surface area contributed by atoms with Gasteiger partial charge in [-0.2, -0.15) is 0 Å². The number of carbonyl (C=O) groups excluding carboxylic acids is 1. The fourth-order valence-corrected chi connectivity index (χ4v) is 3.96. The largest absolute Gasteiger partial charge is 0.328 e. The minimum absolute atomic E-state index is 0.0160. The van der Waals surface area contributed by atoms with Crippen molar-refractivity contribution in [1.82, 2.24) is 25.0 Å². The fourth-order valence-electron chi connectivity index (χ4n) is 2.91. The molecule has 0 saturated carbocycles. The second-order valence-corrected chi connectivity index (χ2v) is 7.29. The first kappa shape index (κ1) is 16.8. The van der Waals surface area contributed by atoms with E-state index >= 15 is 0 Å². The third-order valence-electron chi connectivity index (χ3n) is 4.28. The Labute approximate surface area is 146 Å². The van der Waals surface area contributed by atoms with E-state index in [1.165, 1.54) is 4.90 Å². The van der Waals surface area contributed by atoms with Gasteiger partial charge in [0.15, 0.2) is 5.82 Å². The first-order chi connectivity index (χ1) is 11.6. The highest BCUT2D eigenvalue weighted by atomic mass is 32.2. The van der Waals surface area contributed by atoms with Gasteiger partial charge in [-0.15, -0.1) is 22.0 Å². The summed E-state index contributed by atoms with van der Waals surface area (Å²) in [5, 5.41) is 10.9. The lowest BCUT2D eigenvalue weighted by Gasteiger charge is -2.20. The number of aromatic nitrogens is 3. The van der Waals surface area contributed by atoms with Crippen LogP contribution in [0.25, 0.3) is 0 Å². The summed E-state index contributed by atoms with van der Waals surface area (Å²) < 4.78 is 1.83. The summed E-state index contributed by atoms with van der Waals surface area (Å²) >= 11 is 1.87. The van der Waals surface area contributed by atoms with Crippen molar-refractivity contribution in [2.45, 2.75) is 24.3 Å². The third-order valence-corrected chi connectivity index (χ3v) is 5.52. The van der Waals surface area contributed by atoms with Crippen LogP contribution in [-0.2, 0) is 7.05 Å². The normalized spacial score (nSPS) is 18.6. The number of rotatable bonds is 5. The van der Waals surface area contributed by atoms with Crippen LogP contribution in [0.4, 0.5) is 4.79 Å². The Kier molecular flexibility index (Phi) is 5.40. The molecule has 7 heteroatoms. The fraction of sp³-hybridized carbons (Fsp3) is 0.471. The van der Waals surface area contributed by atoms with Gasteiger partial charge in [0.2, 0.25) is 0 Å². The van der Waals surface area contributed by atoms with Gasteiger partial charge >= 0.3 is 6.03 Å². The van der Waals surface area contributed by atoms with Gasteiger partial charge in [-0.3, -0.25) is 0 Å². The van der Waals surface area contributed by atoms with Gasteiger partial charge in [0.25, 0.3) is 0 Å². The van der Waals surface area contributed by atoms with Crippen molar-refractivity contribution in [3.05, 3.63) is 42.5 Å². The Morgan fingerprint density at radius 2 is 2.21 bits per heavy atom. The molecule has 1 aliphatic heterocycles. The Hall–Kier alpha value is -2.02. The average Bonchev–Trinajstić information content (AvgIpc) is 3.23. The average molecular weight is 345 g/mol. The van der Waals surface area contributed by atoms with Gasteiger partial charge in [-0.25, -0.2) is 4.79 Å². The molecule has 2 amide bonds. The van der Waals surface area contributed by atoms with Crippen LogP contribution >= 0.6 is 11.8 Å². The van der Waals surface area contributed by atoms with E-state index in [0.717, 1.165) is 31.1 Å². The summed E-state index contributed by atoms with van der Waals surface area (Å²) in [6.45, 7) is 3.56. The van der Waals surface area contributed by atoms with E-state index in [-0.39, 0.29) is 12.1 Å². The molecule has 0 aliphatic carbocycles. The highest BCUT2D eigenvalue weighted by Crippen LogP contribution is 2.26. The molecule has 0 bridgehead atoms. The quantitative estimate of drug-likeness (QED) is 0.847.